The minimum atomic E-state index is 0.269. The molecular weight excluding hydrogens is 224 g/mol. The van der Waals surface area contributed by atoms with E-state index in [9.17, 15) is 0 Å². The van der Waals surface area contributed by atoms with E-state index in [0.29, 0.717) is 5.92 Å². The maximum Gasteiger partial charge on any atom is 0.212 e. The third-order valence-corrected chi connectivity index (χ3v) is 3.87. The summed E-state index contributed by atoms with van der Waals surface area (Å²) in [6, 6.07) is 4.52. The average molecular weight is 244 g/mol. The Hall–Kier alpha value is -1.35. The molecule has 18 heavy (non-hydrogen) atoms. The lowest BCUT2D eigenvalue weighted by atomic mass is 9.93. The van der Waals surface area contributed by atoms with E-state index in [-0.39, 0.29) is 6.04 Å². The van der Waals surface area contributed by atoms with E-state index < -0.39 is 0 Å². The Labute approximate surface area is 108 Å². The molecule has 1 aromatic carbocycles. The zero-order chi connectivity index (χ0) is 12.7. The van der Waals surface area contributed by atoms with Crippen molar-refractivity contribution in [2.75, 3.05) is 6.54 Å². The van der Waals surface area contributed by atoms with E-state index in [2.05, 4.69) is 43.2 Å². The molecule has 96 valence electrons. The second-order valence-electron chi connectivity index (χ2n) is 5.53. The van der Waals surface area contributed by atoms with Crippen molar-refractivity contribution in [3.05, 3.63) is 29.2 Å². The topological polar surface area (TPSA) is 38.1 Å². The summed E-state index contributed by atoms with van der Waals surface area (Å²) in [4.78, 5) is 4.68. The van der Waals surface area contributed by atoms with Crippen LogP contribution in [0.2, 0.25) is 0 Å². The van der Waals surface area contributed by atoms with Gasteiger partial charge in [0.25, 0.3) is 0 Å². The van der Waals surface area contributed by atoms with Crippen LogP contribution in [0.3, 0.4) is 0 Å². The van der Waals surface area contributed by atoms with E-state index in [1.165, 1.54) is 24.0 Å². The first kappa shape index (κ1) is 11.7. The van der Waals surface area contributed by atoms with Crippen LogP contribution in [0.1, 0.15) is 42.8 Å². The molecule has 2 unspecified atom stereocenters. The van der Waals surface area contributed by atoms with Crippen LogP contribution < -0.4 is 5.32 Å². The van der Waals surface area contributed by atoms with Crippen molar-refractivity contribution in [3.8, 4) is 0 Å². The monoisotopic (exact) mass is 244 g/mol. The van der Waals surface area contributed by atoms with Crippen LogP contribution in [-0.4, -0.2) is 11.5 Å². The Morgan fingerprint density at radius 1 is 1.33 bits per heavy atom. The number of nitrogens with zero attached hydrogens (tertiary/aromatic N) is 1. The summed E-state index contributed by atoms with van der Waals surface area (Å²) >= 11 is 0. The van der Waals surface area contributed by atoms with Gasteiger partial charge < -0.3 is 9.73 Å². The molecule has 0 bridgehead atoms. The van der Waals surface area contributed by atoms with Gasteiger partial charge in [-0.2, -0.15) is 0 Å². The van der Waals surface area contributed by atoms with Crippen molar-refractivity contribution >= 4 is 11.1 Å². The summed E-state index contributed by atoms with van der Waals surface area (Å²) in [7, 11) is 0. The molecule has 0 spiro atoms. The van der Waals surface area contributed by atoms with Crippen molar-refractivity contribution in [2.24, 2.45) is 5.92 Å². The van der Waals surface area contributed by atoms with Crippen LogP contribution in [-0.2, 0) is 0 Å². The number of piperidine rings is 1. The predicted molar refractivity (Wildman–Crippen MR) is 72.6 cm³/mol. The predicted octanol–water partition coefficient (Wildman–Crippen LogP) is 3.51. The van der Waals surface area contributed by atoms with Crippen LogP contribution >= 0.6 is 0 Å². The van der Waals surface area contributed by atoms with E-state index >= 15 is 0 Å². The number of hydrogen-bond acceptors (Lipinski definition) is 3. The van der Waals surface area contributed by atoms with Gasteiger partial charge in [0.2, 0.25) is 5.89 Å². The summed E-state index contributed by atoms with van der Waals surface area (Å²) in [5.74, 6) is 1.44. The molecule has 1 saturated heterocycles. The van der Waals surface area contributed by atoms with Crippen molar-refractivity contribution in [1.29, 1.82) is 0 Å². The lowest BCUT2D eigenvalue weighted by molar-refractivity contribution is 0.264. The van der Waals surface area contributed by atoms with Gasteiger partial charge in [0.1, 0.15) is 5.52 Å². The Bertz CT molecular complexity index is 573. The number of benzene rings is 1. The lowest BCUT2D eigenvalue weighted by Gasteiger charge is -2.27. The van der Waals surface area contributed by atoms with Gasteiger partial charge in [0, 0.05) is 0 Å². The Morgan fingerprint density at radius 2 is 2.17 bits per heavy atom. The van der Waals surface area contributed by atoms with E-state index in [1.807, 2.05) is 0 Å². The van der Waals surface area contributed by atoms with Gasteiger partial charge in [-0.05, 0) is 56.3 Å². The second-order valence-corrected chi connectivity index (χ2v) is 5.53. The summed E-state index contributed by atoms with van der Waals surface area (Å²) in [6.45, 7) is 7.51. The molecule has 0 aliphatic carbocycles. The van der Waals surface area contributed by atoms with Crippen LogP contribution in [0.5, 0.6) is 0 Å². The first-order chi connectivity index (χ1) is 8.65. The standard InChI is InChI=1S/C15H20N2O/c1-9-7-11(3)14-12(8-9)17-15(18-14)13-10(2)5-4-6-16-13/h7-8,10,13,16H,4-6H2,1-3H3. The summed E-state index contributed by atoms with van der Waals surface area (Å²) in [6.07, 6.45) is 2.49. The number of oxazole rings is 1. The first-order valence-corrected chi connectivity index (χ1v) is 6.76. The summed E-state index contributed by atoms with van der Waals surface area (Å²) in [5, 5.41) is 3.52. The third-order valence-electron chi connectivity index (χ3n) is 3.87. The number of nitrogens with one attached hydrogen (secondary N) is 1. The zero-order valence-corrected chi connectivity index (χ0v) is 11.3. The van der Waals surface area contributed by atoms with Crippen LogP contribution in [0.25, 0.3) is 11.1 Å². The number of rotatable bonds is 1. The molecule has 1 fully saturated rings. The molecule has 3 rings (SSSR count). The Balaban J connectivity index is 2.05. The molecule has 0 radical (unpaired) electrons. The highest BCUT2D eigenvalue weighted by molar-refractivity contribution is 5.77. The highest BCUT2D eigenvalue weighted by Gasteiger charge is 2.27. The zero-order valence-electron chi connectivity index (χ0n) is 11.3. The minimum absolute atomic E-state index is 0.269. The Kier molecular flexibility index (Phi) is 2.86. The number of hydrogen-bond donors (Lipinski definition) is 1. The van der Waals surface area contributed by atoms with Crippen LogP contribution in [0.15, 0.2) is 16.5 Å². The summed E-state index contributed by atoms with van der Waals surface area (Å²) < 4.78 is 5.99. The first-order valence-electron chi connectivity index (χ1n) is 6.76. The number of fused-ring (bicyclic) bond motifs is 1. The molecule has 1 aliphatic rings. The maximum atomic E-state index is 5.99. The normalized spacial score (nSPS) is 24.6. The number of aryl methyl sites for hydroxylation is 2. The molecule has 2 aromatic rings. The van der Waals surface area contributed by atoms with E-state index in [4.69, 9.17) is 4.42 Å². The molecule has 0 amide bonds. The van der Waals surface area contributed by atoms with Crippen molar-refractivity contribution in [2.45, 2.75) is 39.7 Å². The summed E-state index contributed by atoms with van der Waals surface area (Å²) in [5.41, 5.74) is 4.34. The quantitative estimate of drug-likeness (QED) is 0.834. The van der Waals surface area contributed by atoms with Gasteiger partial charge in [-0.15, -0.1) is 0 Å². The minimum Gasteiger partial charge on any atom is -0.439 e. The molecule has 3 nitrogen and oxygen atoms in total. The molecule has 0 saturated carbocycles. The number of aromatic nitrogens is 1. The fraction of sp³-hybridized carbons (Fsp3) is 0.533. The van der Waals surface area contributed by atoms with Gasteiger partial charge in [-0.25, -0.2) is 4.98 Å². The molecule has 2 heterocycles. The van der Waals surface area contributed by atoms with Crippen LogP contribution in [0, 0.1) is 19.8 Å². The third kappa shape index (κ3) is 1.93. The molecular formula is C15H20N2O. The molecule has 3 heteroatoms. The van der Waals surface area contributed by atoms with Crippen molar-refractivity contribution in [3.63, 3.8) is 0 Å². The molecule has 1 N–H and O–H groups in total. The van der Waals surface area contributed by atoms with Gasteiger partial charge in [0.05, 0.1) is 6.04 Å². The fourth-order valence-corrected chi connectivity index (χ4v) is 2.91. The highest BCUT2D eigenvalue weighted by Crippen LogP contribution is 2.31. The van der Waals surface area contributed by atoms with Crippen LogP contribution in [0.4, 0.5) is 0 Å². The average Bonchev–Trinajstić information content (AvgIpc) is 2.73. The van der Waals surface area contributed by atoms with Gasteiger partial charge in [0.15, 0.2) is 5.58 Å². The molecule has 1 aliphatic heterocycles. The largest absolute Gasteiger partial charge is 0.439 e. The van der Waals surface area contributed by atoms with Crippen molar-refractivity contribution in [1.82, 2.24) is 10.3 Å². The SMILES string of the molecule is Cc1cc(C)c2oc(C3NCCCC3C)nc2c1. The lowest BCUT2D eigenvalue weighted by Crippen LogP contribution is -2.33. The fourth-order valence-electron chi connectivity index (χ4n) is 2.91. The van der Waals surface area contributed by atoms with Gasteiger partial charge in [-0.3, -0.25) is 0 Å². The van der Waals surface area contributed by atoms with Crippen molar-refractivity contribution < 1.29 is 4.42 Å². The van der Waals surface area contributed by atoms with Gasteiger partial charge in [-0.1, -0.05) is 13.0 Å². The van der Waals surface area contributed by atoms with E-state index in [0.717, 1.165) is 23.5 Å². The second kappa shape index (κ2) is 4.39. The Morgan fingerprint density at radius 3 is 2.94 bits per heavy atom. The maximum absolute atomic E-state index is 5.99. The van der Waals surface area contributed by atoms with E-state index in [1.54, 1.807) is 0 Å². The van der Waals surface area contributed by atoms with Gasteiger partial charge >= 0.3 is 0 Å². The molecule has 2 atom stereocenters. The highest BCUT2D eigenvalue weighted by atomic mass is 16.3. The smallest absolute Gasteiger partial charge is 0.212 e. The molecule has 1 aromatic heterocycles.